The van der Waals surface area contributed by atoms with Crippen molar-refractivity contribution in [3.05, 3.63) is 88.0 Å². The summed E-state index contributed by atoms with van der Waals surface area (Å²) >= 11 is 0. The number of H-pyrrole nitrogens is 1. The maximum atomic E-state index is 13.4. The molecule has 1 heterocycles. The van der Waals surface area contributed by atoms with E-state index in [0.29, 0.717) is 46.9 Å². The van der Waals surface area contributed by atoms with Crippen LogP contribution in [0.5, 0.6) is 17.2 Å². The minimum atomic E-state index is -0.500. The topological polar surface area (TPSA) is 93.1 Å². The van der Waals surface area contributed by atoms with Crippen molar-refractivity contribution in [3.63, 3.8) is 0 Å². The minimum Gasteiger partial charge on any atom is -0.506 e. The van der Waals surface area contributed by atoms with Crippen molar-refractivity contribution in [2.75, 3.05) is 21.3 Å². The van der Waals surface area contributed by atoms with Crippen molar-refractivity contribution in [3.8, 4) is 28.4 Å². The van der Waals surface area contributed by atoms with Crippen LogP contribution < -0.4 is 15.0 Å². The Balaban J connectivity index is 2.13. The van der Waals surface area contributed by atoms with Crippen LogP contribution in [0.25, 0.3) is 11.1 Å². The largest absolute Gasteiger partial charge is 0.506 e. The fourth-order valence-corrected chi connectivity index (χ4v) is 4.41. The number of ether oxygens (including phenoxy) is 3. The lowest BCUT2D eigenvalue weighted by Gasteiger charge is -2.27. The van der Waals surface area contributed by atoms with Gasteiger partial charge >= 0.3 is 0 Å². The van der Waals surface area contributed by atoms with Gasteiger partial charge in [0.25, 0.3) is 5.56 Å². The highest BCUT2D eigenvalue weighted by atomic mass is 16.5. The van der Waals surface area contributed by atoms with Crippen molar-refractivity contribution in [2.24, 2.45) is 10.4 Å². The van der Waals surface area contributed by atoms with E-state index in [0.717, 1.165) is 18.4 Å². The molecule has 0 radical (unpaired) electrons. The average Bonchev–Trinajstić information content (AvgIpc) is 2.91. The lowest BCUT2D eigenvalue weighted by atomic mass is 9.84. The molecule has 2 N–H and O–H groups in total. The molecule has 0 amide bonds. The number of methoxy groups -OCH3 is 2. The molecule has 3 rings (SSSR count). The number of nitrogens with one attached hydrogen (secondary N) is 1. The van der Waals surface area contributed by atoms with Crippen LogP contribution >= 0.6 is 0 Å². The van der Waals surface area contributed by atoms with Gasteiger partial charge in [-0.15, -0.1) is 0 Å². The Labute approximate surface area is 224 Å². The van der Waals surface area contributed by atoms with Gasteiger partial charge in [0.2, 0.25) is 5.90 Å². The van der Waals surface area contributed by atoms with Gasteiger partial charge in [-0.1, -0.05) is 70.2 Å². The van der Waals surface area contributed by atoms with Gasteiger partial charge in [0.1, 0.15) is 28.6 Å². The highest BCUT2D eigenvalue weighted by Gasteiger charge is 2.30. The molecule has 38 heavy (non-hydrogen) atoms. The van der Waals surface area contributed by atoms with E-state index in [1.54, 1.807) is 32.4 Å². The van der Waals surface area contributed by atoms with Crippen molar-refractivity contribution in [2.45, 2.75) is 46.5 Å². The van der Waals surface area contributed by atoms with E-state index in [1.807, 2.05) is 44.2 Å². The number of hydrogen-bond donors (Lipinski definition) is 2. The van der Waals surface area contributed by atoms with Crippen LogP contribution in [0.2, 0.25) is 0 Å². The number of aryl methyl sites for hydroxylation is 1. The molecule has 3 aromatic rings. The van der Waals surface area contributed by atoms with E-state index in [2.05, 4.69) is 23.5 Å². The number of pyridine rings is 1. The molecule has 2 aromatic carbocycles. The molecule has 0 atom stereocenters. The van der Waals surface area contributed by atoms with Gasteiger partial charge in [-0.2, -0.15) is 0 Å². The summed E-state index contributed by atoms with van der Waals surface area (Å²) in [6.07, 6.45) is 2.95. The maximum Gasteiger partial charge on any atom is 0.264 e. The van der Waals surface area contributed by atoms with E-state index in [-0.39, 0.29) is 17.2 Å². The van der Waals surface area contributed by atoms with E-state index in [1.165, 1.54) is 7.05 Å². The predicted molar refractivity (Wildman–Crippen MR) is 152 cm³/mol. The first-order valence-corrected chi connectivity index (χ1v) is 12.8. The van der Waals surface area contributed by atoms with Gasteiger partial charge in [-0.3, -0.25) is 9.79 Å². The summed E-state index contributed by atoms with van der Waals surface area (Å²) in [5.74, 6) is 1.15. The number of nitrogens with zero attached hydrogens (tertiary/aromatic N) is 1. The zero-order valence-electron chi connectivity index (χ0n) is 23.2. The zero-order chi connectivity index (χ0) is 27.9. The first kappa shape index (κ1) is 28.6. The molecule has 0 unspecified atom stereocenters. The van der Waals surface area contributed by atoms with Crippen LogP contribution in [0, 0.1) is 5.41 Å². The van der Waals surface area contributed by atoms with Crippen molar-refractivity contribution < 1.29 is 19.3 Å². The number of aromatic amines is 1. The highest BCUT2D eigenvalue weighted by molar-refractivity contribution is 6.00. The van der Waals surface area contributed by atoms with Gasteiger partial charge in [0, 0.05) is 18.2 Å². The van der Waals surface area contributed by atoms with E-state index >= 15 is 0 Å². The van der Waals surface area contributed by atoms with Crippen molar-refractivity contribution >= 4 is 5.90 Å². The molecule has 7 nitrogen and oxygen atoms in total. The van der Waals surface area contributed by atoms with Crippen LogP contribution in [-0.2, 0) is 17.6 Å². The first-order chi connectivity index (χ1) is 18.2. The van der Waals surface area contributed by atoms with Crippen molar-refractivity contribution in [1.29, 1.82) is 0 Å². The molecule has 7 heteroatoms. The standard InChI is InChI=1S/C31H38N2O5/c1-8-9-16-22-25(26-23(36-6)17-13-18-24(26)37-7)28(34)27(29(35)33-22)30(32-5)38-20(2)31(3,4)19-21-14-11-10-12-15-21/h10-15,17-18H,2,8-9,16,19H2,1,3-7H3,(H2,33,34,35). The second-order valence-corrected chi connectivity index (χ2v) is 9.77. The summed E-state index contributed by atoms with van der Waals surface area (Å²) in [6, 6.07) is 15.4. The fourth-order valence-electron chi connectivity index (χ4n) is 4.41. The molecule has 0 aliphatic heterocycles. The summed E-state index contributed by atoms with van der Waals surface area (Å²) in [7, 11) is 4.61. The Morgan fingerprint density at radius 3 is 2.21 bits per heavy atom. The molecular formula is C31H38N2O5. The van der Waals surface area contributed by atoms with E-state index < -0.39 is 11.0 Å². The second kappa shape index (κ2) is 12.5. The van der Waals surface area contributed by atoms with Crippen LogP contribution in [0.4, 0.5) is 0 Å². The molecule has 0 fully saturated rings. The van der Waals surface area contributed by atoms with Gasteiger partial charge in [0.15, 0.2) is 0 Å². The number of benzene rings is 2. The minimum absolute atomic E-state index is 0.0213. The number of hydrogen-bond acceptors (Lipinski definition) is 6. The fraction of sp³-hybridized carbons (Fsp3) is 0.355. The Bertz CT molecular complexity index is 1330. The molecule has 0 bridgehead atoms. The highest BCUT2D eigenvalue weighted by Crippen LogP contribution is 2.45. The summed E-state index contributed by atoms with van der Waals surface area (Å²) in [6.45, 7) is 10.2. The predicted octanol–water partition coefficient (Wildman–Crippen LogP) is 6.28. The van der Waals surface area contributed by atoms with Crippen LogP contribution in [0.1, 0.15) is 50.4 Å². The lowest BCUT2D eigenvalue weighted by Crippen LogP contribution is -2.26. The van der Waals surface area contributed by atoms with Crippen LogP contribution in [0.3, 0.4) is 0 Å². The number of allylic oxidation sites excluding steroid dienone is 1. The SMILES string of the molecule is C=C(OC(=NC)c1c(O)c(-c2c(OC)cccc2OC)c(CCCC)[nH]c1=O)C(C)(C)Cc1ccccc1. The Kier molecular flexibility index (Phi) is 9.40. The number of aliphatic imine (C=N–C) groups is 1. The molecule has 0 spiro atoms. The van der Waals surface area contributed by atoms with Gasteiger partial charge in [0.05, 0.1) is 25.3 Å². The number of aromatic nitrogens is 1. The summed E-state index contributed by atoms with van der Waals surface area (Å²) in [5.41, 5.74) is 1.62. The van der Waals surface area contributed by atoms with Crippen molar-refractivity contribution in [1.82, 2.24) is 4.98 Å². The quantitative estimate of drug-likeness (QED) is 0.177. The lowest BCUT2D eigenvalue weighted by molar-refractivity contribution is 0.265. The Morgan fingerprint density at radius 2 is 1.66 bits per heavy atom. The maximum absolute atomic E-state index is 13.4. The number of aromatic hydroxyl groups is 1. The molecule has 0 aliphatic rings. The summed E-state index contributed by atoms with van der Waals surface area (Å²) in [5, 5.41) is 11.7. The molecule has 202 valence electrons. The molecule has 1 aromatic heterocycles. The smallest absolute Gasteiger partial charge is 0.264 e. The normalized spacial score (nSPS) is 11.8. The molecular weight excluding hydrogens is 480 g/mol. The van der Waals surface area contributed by atoms with E-state index in [9.17, 15) is 9.90 Å². The monoisotopic (exact) mass is 518 g/mol. The molecule has 0 aliphatic carbocycles. The molecule has 0 saturated carbocycles. The van der Waals surface area contributed by atoms with Crippen LogP contribution in [-0.4, -0.2) is 37.3 Å². The number of rotatable bonds is 11. The third-order valence-corrected chi connectivity index (χ3v) is 6.61. The van der Waals surface area contributed by atoms with Gasteiger partial charge < -0.3 is 24.3 Å². The van der Waals surface area contributed by atoms with Gasteiger partial charge in [-0.05, 0) is 37.0 Å². The molecule has 0 saturated heterocycles. The Hall–Kier alpha value is -4.00. The Morgan fingerprint density at radius 1 is 1.03 bits per heavy atom. The zero-order valence-corrected chi connectivity index (χ0v) is 23.2. The van der Waals surface area contributed by atoms with Gasteiger partial charge in [-0.25, -0.2) is 0 Å². The first-order valence-electron chi connectivity index (χ1n) is 12.8. The second-order valence-electron chi connectivity index (χ2n) is 9.77. The third-order valence-electron chi connectivity index (χ3n) is 6.61. The number of unbranched alkanes of at least 4 members (excludes halogenated alkanes) is 1. The van der Waals surface area contributed by atoms with E-state index in [4.69, 9.17) is 14.2 Å². The third kappa shape index (κ3) is 6.10. The summed E-state index contributed by atoms with van der Waals surface area (Å²) < 4.78 is 17.4. The van der Waals surface area contributed by atoms with Crippen LogP contribution in [0.15, 0.2) is 70.7 Å². The average molecular weight is 519 g/mol. The summed E-state index contributed by atoms with van der Waals surface area (Å²) in [4.78, 5) is 20.6.